The van der Waals surface area contributed by atoms with Gasteiger partial charge in [-0.2, -0.15) is 4.98 Å². The van der Waals surface area contributed by atoms with Crippen LogP contribution in [-0.2, 0) is 6.67 Å². The molecule has 2 heterocycles. The van der Waals surface area contributed by atoms with Gasteiger partial charge in [0.25, 0.3) is 0 Å². The van der Waals surface area contributed by atoms with Crippen molar-refractivity contribution < 1.29 is 17.9 Å². The number of hydrogen-bond acceptors (Lipinski definition) is 7. The van der Waals surface area contributed by atoms with Crippen LogP contribution in [0.4, 0.5) is 31.9 Å². The Labute approximate surface area is 162 Å². The average Bonchev–Trinajstić information content (AvgIpc) is 3.09. The second kappa shape index (κ2) is 7.58. The van der Waals surface area contributed by atoms with Gasteiger partial charge in [-0.05, 0) is 35.9 Å². The van der Waals surface area contributed by atoms with Crippen LogP contribution >= 0.6 is 0 Å². The number of ether oxygens (including phenoxy) is 1. The molecule has 0 unspecified atom stereocenters. The Bertz CT molecular complexity index is 1220. The number of nitrogens with one attached hydrogen (secondary N) is 3. The maximum absolute atomic E-state index is 14.2. The largest absolute Gasteiger partial charge is 0.497 e. The van der Waals surface area contributed by atoms with E-state index in [1.807, 2.05) is 0 Å². The molecule has 0 aliphatic heterocycles. The second-order valence-electron chi connectivity index (χ2n) is 6.07. The minimum Gasteiger partial charge on any atom is -0.497 e. The molecule has 0 saturated carbocycles. The molecule has 0 aliphatic rings. The van der Waals surface area contributed by atoms with E-state index in [9.17, 15) is 13.6 Å². The lowest BCUT2D eigenvalue weighted by molar-refractivity contribution is 0.412. The highest BCUT2D eigenvalue weighted by Crippen LogP contribution is 2.25. The van der Waals surface area contributed by atoms with E-state index in [1.54, 1.807) is 36.4 Å². The number of benzene rings is 2. The summed E-state index contributed by atoms with van der Waals surface area (Å²) in [5, 5.41) is 5.73. The quantitative estimate of drug-likeness (QED) is 0.450. The number of anilines is 4. The summed E-state index contributed by atoms with van der Waals surface area (Å²) < 4.78 is 37.3. The van der Waals surface area contributed by atoms with Crippen molar-refractivity contribution in [2.24, 2.45) is 0 Å². The Hall–Kier alpha value is -3.95. The lowest BCUT2D eigenvalue weighted by Crippen LogP contribution is -2.03. The van der Waals surface area contributed by atoms with Crippen molar-refractivity contribution in [2.75, 3.05) is 17.7 Å². The normalized spacial score (nSPS) is 10.9. The minimum atomic E-state index is -0.675. The molecule has 0 fully saturated rings. The van der Waals surface area contributed by atoms with Crippen LogP contribution in [0.15, 0.2) is 51.8 Å². The molecule has 3 N–H and O–H groups in total. The number of aromatic amines is 1. The molecule has 8 nitrogen and oxygen atoms in total. The molecule has 4 aromatic rings. The standard InChI is InChI=1S/C19H15F2N5O3/c1-28-13-5-10(8-20)4-12(6-13)24-18-22-9-14(21)17(26-18)23-11-2-3-16-15(7-11)25-19(27)29-16/h2-7,9H,8H2,1H3,(H,25,27)(H2,22,23,24,26). The van der Waals surface area contributed by atoms with Crippen LogP contribution in [0, 0.1) is 5.82 Å². The van der Waals surface area contributed by atoms with Crippen molar-refractivity contribution >= 4 is 34.2 Å². The Morgan fingerprint density at radius 3 is 2.83 bits per heavy atom. The van der Waals surface area contributed by atoms with Gasteiger partial charge in [0.05, 0.1) is 18.8 Å². The molecule has 2 aromatic carbocycles. The van der Waals surface area contributed by atoms with E-state index in [0.29, 0.717) is 33.8 Å². The molecule has 0 saturated heterocycles. The van der Waals surface area contributed by atoms with Gasteiger partial charge in [0.1, 0.15) is 12.4 Å². The molecule has 0 radical (unpaired) electrons. The molecule has 148 valence electrons. The summed E-state index contributed by atoms with van der Waals surface area (Å²) in [6.45, 7) is -0.665. The Morgan fingerprint density at radius 1 is 1.17 bits per heavy atom. The smallest absolute Gasteiger partial charge is 0.417 e. The molecule has 29 heavy (non-hydrogen) atoms. The van der Waals surface area contributed by atoms with Crippen molar-refractivity contribution in [3.05, 3.63) is 64.5 Å². The summed E-state index contributed by atoms with van der Waals surface area (Å²) in [6, 6.07) is 9.56. The van der Waals surface area contributed by atoms with Gasteiger partial charge in [-0.25, -0.2) is 18.6 Å². The first kappa shape index (κ1) is 18.4. The van der Waals surface area contributed by atoms with Crippen LogP contribution in [0.5, 0.6) is 5.75 Å². The number of alkyl halides is 1. The van der Waals surface area contributed by atoms with Crippen molar-refractivity contribution in [3.63, 3.8) is 0 Å². The maximum Gasteiger partial charge on any atom is 0.417 e. The number of oxazole rings is 1. The fraction of sp³-hybridized carbons (Fsp3) is 0.105. The zero-order valence-electron chi connectivity index (χ0n) is 15.1. The molecule has 0 atom stereocenters. The fourth-order valence-electron chi connectivity index (χ4n) is 2.74. The third kappa shape index (κ3) is 4.00. The number of methoxy groups -OCH3 is 1. The predicted octanol–water partition coefficient (Wildman–Crippen LogP) is 4.02. The third-order valence-electron chi connectivity index (χ3n) is 4.04. The summed E-state index contributed by atoms with van der Waals surface area (Å²) in [6.07, 6.45) is 1.01. The Morgan fingerprint density at radius 2 is 2.03 bits per heavy atom. The lowest BCUT2D eigenvalue weighted by Gasteiger charge is -2.11. The summed E-state index contributed by atoms with van der Waals surface area (Å²) in [5.41, 5.74) is 2.23. The highest BCUT2D eigenvalue weighted by molar-refractivity contribution is 5.78. The van der Waals surface area contributed by atoms with Gasteiger partial charge >= 0.3 is 5.76 Å². The van der Waals surface area contributed by atoms with Gasteiger partial charge in [0.2, 0.25) is 5.95 Å². The van der Waals surface area contributed by atoms with E-state index >= 15 is 0 Å². The number of halogens is 2. The number of fused-ring (bicyclic) bond motifs is 1. The van der Waals surface area contributed by atoms with Crippen molar-refractivity contribution in [1.82, 2.24) is 15.0 Å². The van der Waals surface area contributed by atoms with Crippen LogP contribution in [0.1, 0.15) is 5.56 Å². The summed E-state index contributed by atoms with van der Waals surface area (Å²) in [4.78, 5) is 21.8. The van der Waals surface area contributed by atoms with Gasteiger partial charge < -0.3 is 19.8 Å². The summed E-state index contributed by atoms with van der Waals surface area (Å²) in [5.74, 6) is -0.772. The van der Waals surface area contributed by atoms with E-state index in [0.717, 1.165) is 6.20 Å². The first-order valence-corrected chi connectivity index (χ1v) is 8.47. The van der Waals surface area contributed by atoms with E-state index in [2.05, 4.69) is 25.6 Å². The first-order valence-electron chi connectivity index (χ1n) is 8.47. The van der Waals surface area contributed by atoms with Crippen LogP contribution in [-0.4, -0.2) is 22.1 Å². The van der Waals surface area contributed by atoms with Crippen molar-refractivity contribution in [2.45, 2.75) is 6.67 Å². The van der Waals surface area contributed by atoms with Gasteiger partial charge in [-0.15, -0.1) is 0 Å². The lowest BCUT2D eigenvalue weighted by atomic mass is 10.2. The Balaban J connectivity index is 1.61. The summed E-state index contributed by atoms with van der Waals surface area (Å²) >= 11 is 0. The van der Waals surface area contributed by atoms with E-state index in [1.165, 1.54) is 7.11 Å². The van der Waals surface area contributed by atoms with Gasteiger partial charge in [0.15, 0.2) is 17.2 Å². The van der Waals surface area contributed by atoms with Gasteiger partial charge in [0, 0.05) is 17.4 Å². The molecular weight excluding hydrogens is 384 g/mol. The predicted molar refractivity (Wildman–Crippen MR) is 103 cm³/mol. The SMILES string of the molecule is COc1cc(CF)cc(Nc2ncc(F)c(Nc3ccc4oc(=O)[nH]c4c3)n2)c1. The molecule has 0 amide bonds. The number of rotatable bonds is 6. The molecule has 0 aliphatic carbocycles. The fourth-order valence-corrected chi connectivity index (χ4v) is 2.74. The second-order valence-corrected chi connectivity index (χ2v) is 6.07. The average molecular weight is 399 g/mol. The van der Waals surface area contributed by atoms with E-state index < -0.39 is 18.2 Å². The number of aromatic nitrogens is 3. The van der Waals surface area contributed by atoms with Gasteiger partial charge in [-0.1, -0.05) is 0 Å². The first-order chi connectivity index (χ1) is 14.0. The number of nitrogens with zero attached hydrogens (tertiary/aromatic N) is 2. The topological polar surface area (TPSA) is 105 Å². The monoisotopic (exact) mass is 399 g/mol. The molecule has 10 heteroatoms. The number of hydrogen-bond donors (Lipinski definition) is 3. The Kier molecular flexibility index (Phi) is 4.82. The maximum atomic E-state index is 14.2. The summed E-state index contributed by atoms with van der Waals surface area (Å²) in [7, 11) is 1.47. The van der Waals surface area contributed by atoms with Crippen LogP contribution in [0.2, 0.25) is 0 Å². The third-order valence-corrected chi connectivity index (χ3v) is 4.04. The zero-order valence-corrected chi connectivity index (χ0v) is 15.1. The molecule has 0 bridgehead atoms. The number of H-pyrrole nitrogens is 1. The minimum absolute atomic E-state index is 0.0821. The highest BCUT2D eigenvalue weighted by Gasteiger charge is 2.10. The van der Waals surface area contributed by atoms with Crippen molar-refractivity contribution in [3.8, 4) is 5.75 Å². The van der Waals surface area contributed by atoms with Crippen molar-refractivity contribution in [1.29, 1.82) is 0 Å². The van der Waals surface area contributed by atoms with E-state index in [4.69, 9.17) is 9.15 Å². The van der Waals surface area contributed by atoms with Crippen LogP contribution in [0.25, 0.3) is 11.1 Å². The highest BCUT2D eigenvalue weighted by atomic mass is 19.1. The zero-order chi connectivity index (χ0) is 20.4. The molecule has 2 aromatic heterocycles. The van der Waals surface area contributed by atoms with Gasteiger partial charge in [-0.3, -0.25) is 4.98 Å². The molecular formula is C19H15F2N5O3. The van der Waals surface area contributed by atoms with Crippen LogP contribution in [0.3, 0.4) is 0 Å². The van der Waals surface area contributed by atoms with Crippen LogP contribution < -0.4 is 21.1 Å². The molecule has 0 spiro atoms. The molecule has 4 rings (SSSR count). The van der Waals surface area contributed by atoms with E-state index in [-0.39, 0.29) is 11.8 Å².